The van der Waals surface area contributed by atoms with Gasteiger partial charge in [0.2, 0.25) is 0 Å². The van der Waals surface area contributed by atoms with Crippen LogP contribution in [0.5, 0.6) is 0 Å². The molecule has 60 valence electrons. The summed E-state index contributed by atoms with van der Waals surface area (Å²) in [6.45, 7) is 6.70. The molecule has 2 N–H and O–H groups in total. The van der Waals surface area contributed by atoms with Gasteiger partial charge in [-0.1, -0.05) is 13.8 Å². The summed E-state index contributed by atoms with van der Waals surface area (Å²) in [6, 6.07) is 0. The highest BCUT2D eigenvalue weighted by Crippen LogP contribution is 2.17. The maximum atomic E-state index is 5.75. The molecule has 2 unspecified atom stereocenters. The third-order valence-electron chi connectivity index (χ3n) is 2.24. The first-order chi connectivity index (χ1) is 4.68. The van der Waals surface area contributed by atoms with Gasteiger partial charge in [0, 0.05) is 13.1 Å². The van der Waals surface area contributed by atoms with Crippen LogP contribution in [0.1, 0.15) is 26.7 Å². The van der Waals surface area contributed by atoms with E-state index < -0.39 is 0 Å². The zero-order valence-electron chi connectivity index (χ0n) is 7.01. The quantitative estimate of drug-likeness (QED) is 0.515. The van der Waals surface area contributed by atoms with E-state index in [1.54, 1.807) is 0 Å². The summed E-state index contributed by atoms with van der Waals surface area (Å²) in [5, 5.41) is 1.96. The van der Waals surface area contributed by atoms with E-state index in [1.807, 2.05) is 5.01 Å². The van der Waals surface area contributed by atoms with Gasteiger partial charge in [0.05, 0.1) is 0 Å². The highest BCUT2D eigenvalue weighted by Gasteiger charge is 2.15. The lowest BCUT2D eigenvalue weighted by Gasteiger charge is -2.17. The van der Waals surface area contributed by atoms with Crippen LogP contribution in [0.4, 0.5) is 0 Å². The van der Waals surface area contributed by atoms with Crippen LogP contribution in [0.2, 0.25) is 0 Å². The summed E-state index contributed by atoms with van der Waals surface area (Å²) in [5.74, 6) is 7.32. The first-order valence-corrected chi connectivity index (χ1v) is 4.18. The van der Waals surface area contributed by atoms with Crippen molar-refractivity contribution in [2.45, 2.75) is 26.7 Å². The maximum absolute atomic E-state index is 5.75. The van der Waals surface area contributed by atoms with Crippen molar-refractivity contribution in [1.29, 1.82) is 0 Å². The van der Waals surface area contributed by atoms with Gasteiger partial charge >= 0.3 is 0 Å². The molecule has 0 aromatic heterocycles. The summed E-state index contributed by atoms with van der Waals surface area (Å²) in [5.41, 5.74) is 0. The molecule has 0 saturated carbocycles. The normalized spacial score (nSPS) is 37.5. The Morgan fingerprint density at radius 3 is 1.90 bits per heavy atom. The lowest BCUT2D eigenvalue weighted by molar-refractivity contribution is 0.244. The molecule has 1 rings (SSSR count). The van der Waals surface area contributed by atoms with E-state index in [-0.39, 0.29) is 0 Å². The molecule has 0 amide bonds. The van der Waals surface area contributed by atoms with E-state index in [1.165, 1.54) is 12.8 Å². The Morgan fingerprint density at radius 1 is 1.10 bits per heavy atom. The fourth-order valence-corrected chi connectivity index (χ4v) is 1.63. The molecule has 0 aromatic carbocycles. The monoisotopic (exact) mass is 142 g/mol. The second-order valence-corrected chi connectivity index (χ2v) is 3.74. The Bertz CT molecular complexity index is 91.4. The van der Waals surface area contributed by atoms with Crippen molar-refractivity contribution >= 4 is 0 Å². The Labute approximate surface area is 63.4 Å². The van der Waals surface area contributed by atoms with Crippen LogP contribution in [0.15, 0.2) is 0 Å². The lowest BCUT2D eigenvalue weighted by Crippen LogP contribution is -2.35. The Morgan fingerprint density at radius 2 is 1.50 bits per heavy atom. The topological polar surface area (TPSA) is 29.3 Å². The standard InChI is InChI=1S/C8H18N2/c1-7-3-4-8(2)6-10(9)5-7/h7-8H,3-6,9H2,1-2H3. The smallest absolute Gasteiger partial charge is 0.0154 e. The van der Waals surface area contributed by atoms with E-state index in [2.05, 4.69) is 13.8 Å². The number of hydrogen-bond acceptors (Lipinski definition) is 2. The summed E-state index contributed by atoms with van der Waals surface area (Å²) in [6.07, 6.45) is 2.68. The number of nitrogens with two attached hydrogens (primary N) is 1. The number of hydrogen-bond donors (Lipinski definition) is 1. The summed E-state index contributed by atoms with van der Waals surface area (Å²) in [4.78, 5) is 0. The van der Waals surface area contributed by atoms with E-state index in [0.29, 0.717) is 0 Å². The van der Waals surface area contributed by atoms with Crippen molar-refractivity contribution in [1.82, 2.24) is 5.01 Å². The number of hydrazine groups is 1. The minimum Gasteiger partial charge on any atom is -0.269 e. The predicted octanol–water partition coefficient (Wildman–Crippen LogP) is 1.23. The summed E-state index contributed by atoms with van der Waals surface area (Å²) in [7, 11) is 0. The molecule has 0 bridgehead atoms. The van der Waals surface area contributed by atoms with Crippen LogP contribution in [-0.2, 0) is 0 Å². The van der Waals surface area contributed by atoms with Crippen molar-refractivity contribution in [3.05, 3.63) is 0 Å². The Balaban J connectivity index is 2.38. The summed E-state index contributed by atoms with van der Waals surface area (Å²) < 4.78 is 0. The molecule has 2 heteroatoms. The van der Waals surface area contributed by atoms with Crippen LogP contribution >= 0.6 is 0 Å². The molecule has 0 aromatic rings. The molecule has 2 atom stereocenters. The second-order valence-electron chi connectivity index (χ2n) is 3.74. The highest BCUT2D eigenvalue weighted by molar-refractivity contribution is 4.68. The Hall–Kier alpha value is -0.0800. The van der Waals surface area contributed by atoms with Crippen LogP contribution in [-0.4, -0.2) is 18.1 Å². The zero-order valence-corrected chi connectivity index (χ0v) is 7.01. The fourth-order valence-electron chi connectivity index (χ4n) is 1.63. The molecule has 1 saturated heterocycles. The molecule has 1 fully saturated rings. The molecule has 0 radical (unpaired) electrons. The van der Waals surface area contributed by atoms with E-state index >= 15 is 0 Å². The third-order valence-corrected chi connectivity index (χ3v) is 2.24. The zero-order chi connectivity index (χ0) is 7.56. The van der Waals surface area contributed by atoms with Gasteiger partial charge in [-0.05, 0) is 24.7 Å². The van der Waals surface area contributed by atoms with Gasteiger partial charge in [-0.3, -0.25) is 5.84 Å². The van der Waals surface area contributed by atoms with Crippen LogP contribution in [0, 0.1) is 11.8 Å². The molecular weight excluding hydrogens is 124 g/mol. The van der Waals surface area contributed by atoms with Gasteiger partial charge in [-0.15, -0.1) is 0 Å². The molecule has 0 aliphatic carbocycles. The number of rotatable bonds is 0. The Kier molecular flexibility index (Phi) is 2.69. The number of nitrogens with zero attached hydrogens (tertiary/aromatic N) is 1. The van der Waals surface area contributed by atoms with Gasteiger partial charge in [0.25, 0.3) is 0 Å². The first kappa shape index (κ1) is 8.02. The summed E-state index contributed by atoms with van der Waals surface area (Å²) >= 11 is 0. The molecule has 10 heavy (non-hydrogen) atoms. The van der Waals surface area contributed by atoms with E-state index in [0.717, 1.165) is 24.9 Å². The third kappa shape index (κ3) is 2.27. The van der Waals surface area contributed by atoms with Gasteiger partial charge < -0.3 is 0 Å². The van der Waals surface area contributed by atoms with Gasteiger partial charge in [0.1, 0.15) is 0 Å². The maximum Gasteiger partial charge on any atom is 0.0154 e. The molecule has 2 nitrogen and oxygen atoms in total. The van der Waals surface area contributed by atoms with Gasteiger partial charge in [-0.25, -0.2) is 5.01 Å². The van der Waals surface area contributed by atoms with E-state index in [4.69, 9.17) is 5.84 Å². The molecule has 1 heterocycles. The molecular formula is C8H18N2. The minimum absolute atomic E-state index is 0.787. The van der Waals surface area contributed by atoms with Crippen LogP contribution in [0.3, 0.4) is 0 Å². The van der Waals surface area contributed by atoms with Gasteiger partial charge in [0.15, 0.2) is 0 Å². The van der Waals surface area contributed by atoms with Crippen LogP contribution in [0.25, 0.3) is 0 Å². The van der Waals surface area contributed by atoms with Crippen molar-refractivity contribution in [3.8, 4) is 0 Å². The largest absolute Gasteiger partial charge is 0.269 e. The second kappa shape index (κ2) is 3.35. The van der Waals surface area contributed by atoms with E-state index in [9.17, 15) is 0 Å². The van der Waals surface area contributed by atoms with Crippen molar-refractivity contribution in [3.63, 3.8) is 0 Å². The molecule has 1 aliphatic rings. The van der Waals surface area contributed by atoms with Gasteiger partial charge in [-0.2, -0.15) is 0 Å². The highest BCUT2D eigenvalue weighted by atomic mass is 15.4. The first-order valence-electron chi connectivity index (χ1n) is 4.18. The van der Waals surface area contributed by atoms with Crippen molar-refractivity contribution < 1.29 is 0 Å². The average molecular weight is 142 g/mol. The van der Waals surface area contributed by atoms with Crippen LogP contribution < -0.4 is 5.84 Å². The molecule has 1 aliphatic heterocycles. The minimum atomic E-state index is 0.787. The average Bonchev–Trinajstić information content (AvgIpc) is 1.93. The molecule has 0 spiro atoms. The lowest BCUT2D eigenvalue weighted by atomic mass is 10.0. The fraction of sp³-hybridized carbons (Fsp3) is 1.00. The van der Waals surface area contributed by atoms with Crippen molar-refractivity contribution in [2.75, 3.05) is 13.1 Å². The predicted molar refractivity (Wildman–Crippen MR) is 43.3 cm³/mol. The SMILES string of the molecule is CC1CCC(C)CN(N)C1. The van der Waals surface area contributed by atoms with Crippen molar-refractivity contribution in [2.24, 2.45) is 17.7 Å².